The van der Waals surface area contributed by atoms with Gasteiger partial charge >= 0.3 is 0 Å². The van der Waals surface area contributed by atoms with Crippen LogP contribution in [0.4, 0.5) is 5.69 Å². The first kappa shape index (κ1) is 17.4. The van der Waals surface area contributed by atoms with Gasteiger partial charge in [0.05, 0.1) is 17.6 Å². The minimum Gasteiger partial charge on any atom is -0.369 e. The highest BCUT2D eigenvalue weighted by atomic mass is 35.5. The summed E-state index contributed by atoms with van der Waals surface area (Å²) in [5, 5.41) is 13.1. The summed E-state index contributed by atoms with van der Waals surface area (Å²) in [4.78, 5) is 14.9. The molecule has 1 aromatic carbocycles. The Kier molecular flexibility index (Phi) is 4.39. The van der Waals surface area contributed by atoms with Crippen molar-refractivity contribution in [2.45, 2.75) is 37.6 Å². The van der Waals surface area contributed by atoms with Crippen LogP contribution in [0.15, 0.2) is 47.7 Å². The largest absolute Gasteiger partial charge is 0.369 e. The van der Waals surface area contributed by atoms with E-state index in [1.807, 2.05) is 36.7 Å². The predicted octanol–water partition coefficient (Wildman–Crippen LogP) is 3.20. The molecule has 0 atom stereocenters. The fourth-order valence-corrected chi connectivity index (χ4v) is 4.20. The van der Waals surface area contributed by atoms with Crippen LogP contribution in [0.25, 0.3) is 5.69 Å². The molecule has 0 bridgehead atoms. The van der Waals surface area contributed by atoms with Gasteiger partial charge < -0.3 is 9.47 Å². The van der Waals surface area contributed by atoms with E-state index in [1.54, 1.807) is 6.20 Å². The van der Waals surface area contributed by atoms with E-state index in [1.165, 1.54) is 17.5 Å². The van der Waals surface area contributed by atoms with Crippen molar-refractivity contribution in [3.63, 3.8) is 0 Å². The third-order valence-corrected chi connectivity index (χ3v) is 6.00. The van der Waals surface area contributed by atoms with Crippen LogP contribution in [0, 0.1) is 0 Å². The van der Waals surface area contributed by atoms with Gasteiger partial charge in [-0.05, 0) is 37.8 Å². The summed E-state index contributed by atoms with van der Waals surface area (Å²) in [6.45, 7) is 1.64. The molecule has 0 radical (unpaired) electrons. The van der Waals surface area contributed by atoms with Gasteiger partial charge in [0.15, 0.2) is 0 Å². The molecule has 8 heteroatoms. The van der Waals surface area contributed by atoms with Crippen molar-refractivity contribution in [1.29, 1.82) is 0 Å². The average Bonchev–Trinajstić information content (AvgIpc) is 3.47. The molecule has 2 aromatic heterocycles. The fourth-order valence-electron chi connectivity index (χ4n) is 3.95. The van der Waals surface area contributed by atoms with Gasteiger partial charge in [-0.1, -0.05) is 29.8 Å². The van der Waals surface area contributed by atoms with Crippen LogP contribution in [0.2, 0.25) is 5.02 Å². The fraction of sp³-hybridized carbons (Fsp3) is 0.400. The average molecular weight is 397 g/mol. The lowest BCUT2D eigenvalue weighted by atomic mass is 9.95. The number of rotatable bonds is 4. The molecular weight excluding hydrogens is 376 g/mol. The molecule has 0 amide bonds. The number of piperidine rings is 1. The number of halogens is 1. The Morgan fingerprint density at radius 2 is 1.79 bits per heavy atom. The number of nitrogens with zero attached hydrogens (tertiary/aromatic N) is 6. The molecule has 28 heavy (non-hydrogen) atoms. The zero-order chi connectivity index (χ0) is 19.1. The topological polar surface area (TPSA) is 68.8 Å². The van der Waals surface area contributed by atoms with E-state index < -0.39 is 0 Å². The van der Waals surface area contributed by atoms with Crippen molar-refractivity contribution in [2.24, 2.45) is 0 Å². The number of hydrogen-bond donors (Lipinski definition) is 0. The van der Waals surface area contributed by atoms with Crippen molar-refractivity contribution in [3.8, 4) is 5.69 Å². The number of benzene rings is 1. The SMILES string of the molecule is O=c1c(Cl)c(N2CCC(c3nncn3C3CC3)CC2)cnn1-c1ccccc1. The Morgan fingerprint density at radius 3 is 2.50 bits per heavy atom. The number of hydrogen-bond acceptors (Lipinski definition) is 5. The number of aromatic nitrogens is 5. The van der Waals surface area contributed by atoms with Crippen molar-refractivity contribution in [2.75, 3.05) is 18.0 Å². The van der Waals surface area contributed by atoms with Crippen LogP contribution < -0.4 is 10.5 Å². The van der Waals surface area contributed by atoms with Crippen molar-refractivity contribution in [1.82, 2.24) is 24.5 Å². The van der Waals surface area contributed by atoms with Gasteiger partial charge in [-0.3, -0.25) is 4.79 Å². The Hall–Kier alpha value is -2.67. The zero-order valence-corrected chi connectivity index (χ0v) is 16.2. The second-order valence-corrected chi connectivity index (χ2v) is 7.86. The first-order valence-corrected chi connectivity index (χ1v) is 10.1. The molecule has 144 valence electrons. The number of para-hydroxylation sites is 1. The maximum atomic E-state index is 12.7. The Bertz CT molecular complexity index is 1030. The maximum absolute atomic E-state index is 12.7. The van der Waals surface area contributed by atoms with Gasteiger partial charge in [-0.2, -0.15) is 9.78 Å². The second-order valence-electron chi connectivity index (χ2n) is 7.49. The summed E-state index contributed by atoms with van der Waals surface area (Å²) in [6, 6.07) is 9.91. The van der Waals surface area contributed by atoms with Gasteiger partial charge in [-0.15, -0.1) is 10.2 Å². The molecule has 3 heterocycles. The molecule has 0 spiro atoms. The van der Waals surface area contributed by atoms with E-state index in [2.05, 4.69) is 24.8 Å². The van der Waals surface area contributed by atoms with E-state index in [-0.39, 0.29) is 10.6 Å². The van der Waals surface area contributed by atoms with Crippen molar-refractivity contribution >= 4 is 17.3 Å². The normalized spacial score (nSPS) is 17.8. The van der Waals surface area contributed by atoms with Gasteiger partial charge in [-0.25, -0.2) is 0 Å². The number of anilines is 1. The standard InChI is InChI=1S/C20H21ClN6O/c21-18-17(12-23-27(20(18)28)16-4-2-1-3-5-16)25-10-8-14(9-11-25)19-24-22-13-26(19)15-6-7-15/h1-5,12-15H,6-11H2. The van der Waals surface area contributed by atoms with E-state index >= 15 is 0 Å². The summed E-state index contributed by atoms with van der Waals surface area (Å²) in [6.07, 6.45) is 7.94. The third kappa shape index (κ3) is 3.09. The summed E-state index contributed by atoms with van der Waals surface area (Å²) in [7, 11) is 0. The highest BCUT2D eigenvalue weighted by Gasteiger charge is 2.31. The lowest BCUT2D eigenvalue weighted by Gasteiger charge is -2.33. The molecule has 5 rings (SSSR count). The highest BCUT2D eigenvalue weighted by Crippen LogP contribution is 2.39. The third-order valence-electron chi connectivity index (χ3n) is 5.64. The molecule has 1 saturated heterocycles. The van der Waals surface area contributed by atoms with E-state index in [4.69, 9.17) is 11.6 Å². The molecule has 1 aliphatic carbocycles. The van der Waals surface area contributed by atoms with E-state index in [0.717, 1.165) is 31.8 Å². The van der Waals surface area contributed by atoms with Crippen LogP contribution in [-0.2, 0) is 0 Å². The molecule has 7 nitrogen and oxygen atoms in total. The van der Waals surface area contributed by atoms with Gasteiger partial charge in [0, 0.05) is 25.0 Å². The summed E-state index contributed by atoms with van der Waals surface area (Å²) < 4.78 is 3.59. The highest BCUT2D eigenvalue weighted by molar-refractivity contribution is 6.33. The van der Waals surface area contributed by atoms with Gasteiger partial charge in [0.25, 0.3) is 5.56 Å². The van der Waals surface area contributed by atoms with Gasteiger partial charge in [0.2, 0.25) is 0 Å². The first-order chi connectivity index (χ1) is 13.7. The van der Waals surface area contributed by atoms with E-state index in [9.17, 15) is 4.79 Å². The van der Waals surface area contributed by atoms with Crippen LogP contribution in [0.1, 0.15) is 43.5 Å². The van der Waals surface area contributed by atoms with E-state index in [0.29, 0.717) is 23.3 Å². The summed E-state index contributed by atoms with van der Waals surface area (Å²) in [5.41, 5.74) is 1.13. The minimum atomic E-state index is -0.291. The van der Waals surface area contributed by atoms with Crippen LogP contribution >= 0.6 is 11.6 Å². The molecule has 2 fully saturated rings. The van der Waals surface area contributed by atoms with Crippen LogP contribution in [0.3, 0.4) is 0 Å². The monoisotopic (exact) mass is 396 g/mol. The second kappa shape index (κ2) is 7.05. The predicted molar refractivity (Wildman–Crippen MR) is 107 cm³/mol. The van der Waals surface area contributed by atoms with Crippen molar-refractivity contribution in [3.05, 3.63) is 64.1 Å². The molecule has 0 N–H and O–H groups in total. The summed E-state index contributed by atoms with van der Waals surface area (Å²) >= 11 is 6.45. The molecule has 1 aliphatic heterocycles. The Labute approximate surface area is 167 Å². The molecule has 3 aromatic rings. The summed E-state index contributed by atoms with van der Waals surface area (Å²) in [5.74, 6) is 1.50. The lowest BCUT2D eigenvalue weighted by Crippen LogP contribution is -2.35. The Morgan fingerprint density at radius 1 is 1.04 bits per heavy atom. The minimum absolute atomic E-state index is 0.221. The molecule has 0 unspecified atom stereocenters. The molecular formula is C20H21ClN6O. The first-order valence-electron chi connectivity index (χ1n) is 9.70. The van der Waals surface area contributed by atoms with Crippen molar-refractivity contribution < 1.29 is 0 Å². The zero-order valence-electron chi connectivity index (χ0n) is 15.4. The van der Waals surface area contributed by atoms with Crippen LogP contribution in [0.5, 0.6) is 0 Å². The Balaban J connectivity index is 1.34. The van der Waals surface area contributed by atoms with Crippen LogP contribution in [-0.4, -0.2) is 37.6 Å². The van der Waals surface area contributed by atoms with Gasteiger partial charge in [0.1, 0.15) is 17.2 Å². The smallest absolute Gasteiger partial charge is 0.292 e. The molecule has 2 aliphatic rings. The molecule has 1 saturated carbocycles. The quantitative estimate of drug-likeness (QED) is 0.677. The maximum Gasteiger partial charge on any atom is 0.292 e. The lowest BCUT2D eigenvalue weighted by molar-refractivity contribution is 0.464.